The number of rotatable bonds is 9. The van der Waals surface area contributed by atoms with Crippen LogP contribution < -0.4 is 24.4 Å². The number of carbonyl (C=O) groups excluding carboxylic acids is 1. The Morgan fingerprint density at radius 1 is 1.11 bits per heavy atom. The van der Waals surface area contributed by atoms with Crippen molar-refractivity contribution in [2.45, 2.75) is 46.4 Å². The topological polar surface area (TPSA) is 103 Å². The molecular formula is C34H30BrN3O5S. The van der Waals surface area contributed by atoms with Crippen LogP contribution in [0.5, 0.6) is 11.5 Å². The Morgan fingerprint density at radius 2 is 1.84 bits per heavy atom. The number of nitrogens with zero attached hydrogens (tertiary/aromatic N) is 3. The second-order valence-electron chi connectivity index (χ2n) is 10.3. The number of thiazole rings is 1. The van der Waals surface area contributed by atoms with E-state index in [9.17, 15) is 9.59 Å². The number of nitriles is 1. The first kappa shape index (κ1) is 31.0. The minimum absolute atomic E-state index is 0.257. The second-order valence-corrected chi connectivity index (χ2v) is 12.2. The van der Waals surface area contributed by atoms with Gasteiger partial charge in [-0.15, -0.1) is 0 Å². The van der Waals surface area contributed by atoms with E-state index >= 15 is 0 Å². The molecule has 0 amide bonds. The average molecular weight is 673 g/mol. The maximum absolute atomic E-state index is 14.0. The molecule has 5 rings (SSSR count). The van der Waals surface area contributed by atoms with Crippen LogP contribution in [0.15, 0.2) is 92.3 Å². The predicted octanol–water partition coefficient (Wildman–Crippen LogP) is 5.80. The normalized spacial score (nSPS) is 14.6. The monoisotopic (exact) mass is 671 g/mol. The molecule has 1 aliphatic rings. The van der Waals surface area contributed by atoms with Gasteiger partial charge in [-0.25, -0.2) is 9.79 Å². The number of hydrogen-bond donors (Lipinski definition) is 0. The van der Waals surface area contributed by atoms with Crippen molar-refractivity contribution >= 4 is 39.3 Å². The van der Waals surface area contributed by atoms with Crippen molar-refractivity contribution in [1.82, 2.24) is 4.57 Å². The highest BCUT2D eigenvalue weighted by atomic mass is 79.9. The van der Waals surface area contributed by atoms with Crippen LogP contribution in [-0.2, 0) is 16.1 Å². The summed E-state index contributed by atoms with van der Waals surface area (Å²) in [5.41, 5.74) is 3.65. The van der Waals surface area contributed by atoms with Crippen LogP contribution in [0.2, 0.25) is 0 Å². The van der Waals surface area contributed by atoms with E-state index in [4.69, 9.17) is 19.5 Å². The third-order valence-electron chi connectivity index (χ3n) is 6.82. The first-order valence-electron chi connectivity index (χ1n) is 14.1. The van der Waals surface area contributed by atoms with Gasteiger partial charge in [0.25, 0.3) is 5.56 Å². The van der Waals surface area contributed by atoms with E-state index < -0.39 is 12.0 Å². The van der Waals surface area contributed by atoms with Gasteiger partial charge in [0.05, 0.1) is 50.7 Å². The van der Waals surface area contributed by atoms with Gasteiger partial charge < -0.3 is 14.2 Å². The van der Waals surface area contributed by atoms with Gasteiger partial charge in [0, 0.05) is 0 Å². The molecule has 0 unspecified atom stereocenters. The molecule has 0 N–H and O–H groups in total. The number of ether oxygens (including phenoxy) is 3. The fourth-order valence-electron chi connectivity index (χ4n) is 4.80. The molecule has 1 aromatic heterocycles. The molecule has 224 valence electrons. The maximum Gasteiger partial charge on any atom is 0.338 e. The van der Waals surface area contributed by atoms with Crippen molar-refractivity contribution in [2.24, 2.45) is 4.99 Å². The number of hydrogen-bond acceptors (Lipinski definition) is 8. The van der Waals surface area contributed by atoms with Crippen LogP contribution in [0.3, 0.4) is 0 Å². The molecule has 0 saturated carbocycles. The summed E-state index contributed by atoms with van der Waals surface area (Å²) in [4.78, 5) is 32.4. The number of benzene rings is 3. The van der Waals surface area contributed by atoms with E-state index in [-0.39, 0.29) is 11.7 Å². The maximum atomic E-state index is 14.0. The second kappa shape index (κ2) is 13.5. The molecule has 1 atom stereocenters. The molecule has 0 spiro atoms. The van der Waals surface area contributed by atoms with Gasteiger partial charge in [0.2, 0.25) is 0 Å². The highest BCUT2D eigenvalue weighted by molar-refractivity contribution is 9.10. The molecule has 0 aliphatic carbocycles. The Labute approximate surface area is 267 Å². The molecule has 1 aliphatic heterocycles. The van der Waals surface area contributed by atoms with Crippen LogP contribution >= 0.6 is 27.3 Å². The van der Waals surface area contributed by atoms with Crippen molar-refractivity contribution in [3.05, 3.63) is 124 Å². The lowest BCUT2D eigenvalue weighted by atomic mass is 9.96. The molecule has 44 heavy (non-hydrogen) atoms. The summed E-state index contributed by atoms with van der Waals surface area (Å²) in [6.07, 6.45) is 1.47. The quantitative estimate of drug-likeness (QED) is 0.209. The summed E-state index contributed by atoms with van der Waals surface area (Å²) in [6, 6.07) is 21.6. The molecule has 8 nitrogen and oxygen atoms in total. The van der Waals surface area contributed by atoms with E-state index in [0.29, 0.717) is 50.9 Å². The van der Waals surface area contributed by atoms with Crippen molar-refractivity contribution in [3.63, 3.8) is 0 Å². The molecule has 3 aromatic carbocycles. The van der Waals surface area contributed by atoms with E-state index in [2.05, 4.69) is 27.0 Å². The third kappa shape index (κ3) is 6.69. The van der Waals surface area contributed by atoms with Crippen molar-refractivity contribution in [3.8, 4) is 17.6 Å². The number of fused-ring (bicyclic) bond motifs is 1. The van der Waals surface area contributed by atoms with E-state index in [1.165, 1.54) is 11.3 Å². The Balaban J connectivity index is 1.50. The average Bonchev–Trinajstić information content (AvgIpc) is 3.30. The number of carbonyl (C=O) groups is 1. The minimum atomic E-state index is -0.708. The van der Waals surface area contributed by atoms with E-state index in [1.54, 1.807) is 43.5 Å². The van der Waals surface area contributed by atoms with Gasteiger partial charge in [-0.05, 0) is 103 Å². The summed E-state index contributed by atoms with van der Waals surface area (Å²) >= 11 is 4.85. The number of esters is 1. The molecule has 10 heteroatoms. The fraction of sp³-hybridized carbons (Fsp3) is 0.235. The molecule has 0 saturated heterocycles. The zero-order valence-electron chi connectivity index (χ0n) is 24.7. The van der Waals surface area contributed by atoms with E-state index in [0.717, 1.165) is 21.2 Å². The van der Waals surface area contributed by atoms with Gasteiger partial charge in [0.15, 0.2) is 4.80 Å². The smallest absolute Gasteiger partial charge is 0.338 e. The molecule has 0 fully saturated rings. The summed E-state index contributed by atoms with van der Waals surface area (Å²) in [6.45, 7) is 8.12. The summed E-state index contributed by atoms with van der Waals surface area (Å²) in [5, 5.41) is 8.99. The van der Waals surface area contributed by atoms with Crippen LogP contribution in [0.4, 0.5) is 0 Å². The first-order valence-corrected chi connectivity index (χ1v) is 15.7. The van der Waals surface area contributed by atoms with Crippen LogP contribution in [-0.4, -0.2) is 23.2 Å². The van der Waals surface area contributed by atoms with Gasteiger partial charge >= 0.3 is 5.97 Å². The molecule has 2 heterocycles. The number of halogens is 1. The zero-order valence-corrected chi connectivity index (χ0v) is 27.1. The lowest BCUT2D eigenvalue weighted by Gasteiger charge is -2.25. The first-order chi connectivity index (χ1) is 21.2. The Hall–Kier alpha value is -4.46. The highest BCUT2D eigenvalue weighted by Crippen LogP contribution is 2.32. The molecule has 4 aromatic rings. The Kier molecular flexibility index (Phi) is 9.47. The van der Waals surface area contributed by atoms with Gasteiger partial charge in [-0.2, -0.15) is 5.26 Å². The molecular weight excluding hydrogens is 642 g/mol. The van der Waals surface area contributed by atoms with Crippen LogP contribution in [0.1, 0.15) is 56.0 Å². The molecule has 0 bridgehead atoms. The summed E-state index contributed by atoms with van der Waals surface area (Å²) in [7, 11) is 0. The van der Waals surface area contributed by atoms with Crippen molar-refractivity contribution < 1.29 is 19.0 Å². The lowest BCUT2D eigenvalue weighted by molar-refractivity contribution is -0.143. The summed E-state index contributed by atoms with van der Waals surface area (Å²) in [5.74, 6) is 0.841. The summed E-state index contributed by atoms with van der Waals surface area (Å²) < 4.78 is 19.9. The SMILES string of the molecule is CCOc1ccc([C@H]2C(C(=O)OC(C)C)=C(C)N=c3s/c(=C/c4ccc(OCc5ccc(C#N)cc5)c(Br)c4)c(=O)n32)cc1. The Bertz CT molecular complexity index is 1950. The van der Waals surface area contributed by atoms with Crippen LogP contribution in [0, 0.1) is 11.3 Å². The van der Waals surface area contributed by atoms with Crippen molar-refractivity contribution in [1.29, 1.82) is 5.26 Å². The van der Waals surface area contributed by atoms with Gasteiger partial charge in [-0.1, -0.05) is 41.7 Å². The number of aromatic nitrogens is 1. The standard InChI is InChI=1S/C34H30BrN3O5S/c1-5-41-26-13-11-25(12-14-26)31-30(33(40)43-20(2)3)21(4)37-34-38(31)32(39)29(44-34)17-24-10-15-28(27(35)16-24)42-19-23-8-6-22(18-36)7-9-23/h6-17,20,31H,5,19H2,1-4H3/b29-17+/t31-/m0/s1. The van der Waals surface area contributed by atoms with E-state index in [1.807, 2.05) is 61.5 Å². The Morgan fingerprint density at radius 3 is 2.48 bits per heavy atom. The molecule has 0 radical (unpaired) electrons. The largest absolute Gasteiger partial charge is 0.494 e. The predicted molar refractivity (Wildman–Crippen MR) is 172 cm³/mol. The fourth-order valence-corrected chi connectivity index (χ4v) is 6.36. The lowest BCUT2D eigenvalue weighted by Crippen LogP contribution is -2.40. The minimum Gasteiger partial charge on any atom is -0.494 e. The highest BCUT2D eigenvalue weighted by Gasteiger charge is 2.33. The third-order valence-corrected chi connectivity index (χ3v) is 8.42. The zero-order chi connectivity index (χ0) is 31.4. The number of allylic oxidation sites excluding steroid dienone is 1. The van der Waals surface area contributed by atoms with Gasteiger partial charge in [0.1, 0.15) is 18.1 Å². The van der Waals surface area contributed by atoms with Crippen molar-refractivity contribution in [2.75, 3.05) is 6.61 Å². The van der Waals surface area contributed by atoms with Gasteiger partial charge in [-0.3, -0.25) is 9.36 Å². The van der Waals surface area contributed by atoms with Crippen LogP contribution in [0.25, 0.3) is 6.08 Å².